The van der Waals surface area contributed by atoms with Gasteiger partial charge in [0.2, 0.25) is 10.0 Å². The molecule has 28 heavy (non-hydrogen) atoms. The molecule has 1 aliphatic heterocycles. The predicted molar refractivity (Wildman–Crippen MR) is 99.7 cm³/mol. The molecule has 0 atom stereocenters. The maximum Gasteiger partial charge on any atom is 0.274 e. The molecule has 2 amide bonds. The molecule has 2 aromatic carbocycles. The third-order valence-electron chi connectivity index (χ3n) is 4.31. The Morgan fingerprint density at radius 1 is 1.21 bits per heavy atom. The van der Waals surface area contributed by atoms with E-state index in [2.05, 4.69) is 0 Å². The van der Waals surface area contributed by atoms with Crippen LogP contribution < -0.4 is 15.1 Å². The van der Waals surface area contributed by atoms with Crippen LogP contribution >= 0.6 is 0 Å². The van der Waals surface area contributed by atoms with E-state index in [0.29, 0.717) is 17.0 Å². The Hall–Kier alpha value is -2.95. The summed E-state index contributed by atoms with van der Waals surface area (Å²) in [6, 6.07) is 10.7. The monoisotopic (exact) mass is 405 g/mol. The van der Waals surface area contributed by atoms with Crippen molar-refractivity contribution in [2.75, 3.05) is 25.6 Å². The number of hydrogen-bond donors (Lipinski definition) is 2. The summed E-state index contributed by atoms with van der Waals surface area (Å²) in [4.78, 5) is 25.6. The van der Waals surface area contributed by atoms with Gasteiger partial charge in [-0.05, 0) is 35.9 Å². The fraction of sp³-hybridized carbons (Fsp3) is 0.222. The first-order valence-electron chi connectivity index (χ1n) is 8.27. The molecule has 0 saturated carbocycles. The zero-order chi connectivity index (χ0) is 20.5. The number of nitrogens with one attached hydrogen (secondary N) is 1. The van der Waals surface area contributed by atoms with Crippen LogP contribution in [0, 0.1) is 0 Å². The number of ether oxygens (including phenoxy) is 1. The average Bonchev–Trinajstić information content (AvgIpc) is 2.69. The Kier molecular flexibility index (Phi) is 5.36. The summed E-state index contributed by atoms with van der Waals surface area (Å²) < 4.78 is 30.8. The van der Waals surface area contributed by atoms with Crippen molar-refractivity contribution in [2.24, 2.45) is 0 Å². The van der Waals surface area contributed by atoms with E-state index < -0.39 is 15.9 Å². The molecular formula is C18H19N3O6S. The van der Waals surface area contributed by atoms with E-state index in [1.807, 2.05) is 0 Å². The van der Waals surface area contributed by atoms with Gasteiger partial charge in [0.15, 0.2) is 6.61 Å². The predicted octanol–water partition coefficient (Wildman–Crippen LogP) is 0.981. The number of fused-ring (bicyclic) bond motifs is 1. The summed E-state index contributed by atoms with van der Waals surface area (Å²) in [6.07, 6.45) is 0. The van der Waals surface area contributed by atoms with Gasteiger partial charge in [0.05, 0.1) is 17.1 Å². The minimum Gasteiger partial charge on any atom is -0.482 e. The van der Waals surface area contributed by atoms with E-state index in [0.717, 1.165) is 4.31 Å². The van der Waals surface area contributed by atoms with Crippen molar-refractivity contribution in [3.63, 3.8) is 0 Å². The molecule has 3 rings (SSSR count). The SMILES string of the molecule is CN(C)S(=O)(=O)c1ccc(CN2C(=O)COc3ccc(C(=O)NO)cc32)cc1. The topological polar surface area (TPSA) is 116 Å². The van der Waals surface area contributed by atoms with Crippen molar-refractivity contribution in [1.29, 1.82) is 0 Å². The Morgan fingerprint density at radius 3 is 2.50 bits per heavy atom. The zero-order valence-corrected chi connectivity index (χ0v) is 16.1. The molecule has 2 aromatic rings. The van der Waals surface area contributed by atoms with Crippen molar-refractivity contribution in [2.45, 2.75) is 11.4 Å². The highest BCUT2D eigenvalue weighted by Gasteiger charge is 2.27. The average molecular weight is 405 g/mol. The molecule has 148 valence electrons. The van der Waals surface area contributed by atoms with Gasteiger partial charge in [-0.3, -0.25) is 14.8 Å². The van der Waals surface area contributed by atoms with Crippen molar-refractivity contribution in [3.05, 3.63) is 53.6 Å². The van der Waals surface area contributed by atoms with E-state index in [-0.39, 0.29) is 29.5 Å². The van der Waals surface area contributed by atoms with Crippen LogP contribution in [0.5, 0.6) is 5.75 Å². The van der Waals surface area contributed by atoms with Crippen molar-refractivity contribution < 1.29 is 28.0 Å². The lowest BCUT2D eigenvalue weighted by Crippen LogP contribution is -2.38. The van der Waals surface area contributed by atoms with Crippen LogP contribution in [0.25, 0.3) is 0 Å². The molecule has 0 saturated heterocycles. The molecule has 0 radical (unpaired) electrons. The fourth-order valence-electron chi connectivity index (χ4n) is 2.74. The lowest BCUT2D eigenvalue weighted by atomic mass is 10.1. The third-order valence-corrected chi connectivity index (χ3v) is 6.14. The summed E-state index contributed by atoms with van der Waals surface area (Å²) in [6.45, 7) is 0.0211. The lowest BCUT2D eigenvalue weighted by Gasteiger charge is -2.30. The number of hydrogen-bond acceptors (Lipinski definition) is 6. The van der Waals surface area contributed by atoms with Crippen LogP contribution in [0.4, 0.5) is 5.69 Å². The van der Waals surface area contributed by atoms with E-state index >= 15 is 0 Å². The van der Waals surface area contributed by atoms with Crippen LogP contribution in [-0.2, 0) is 21.4 Å². The molecule has 9 nitrogen and oxygen atoms in total. The van der Waals surface area contributed by atoms with Crippen LogP contribution in [0.2, 0.25) is 0 Å². The van der Waals surface area contributed by atoms with Gasteiger partial charge in [0.25, 0.3) is 11.8 Å². The first-order chi connectivity index (χ1) is 13.2. The summed E-state index contributed by atoms with van der Waals surface area (Å²) >= 11 is 0. The van der Waals surface area contributed by atoms with Crippen LogP contribution in [0.15, 0.2) is 47.4 Å². The number of sulfonamides is 1. The quantitative estimate of drug-likeness (QED) is 0.566. The van der Waals surface area contributed by atoms with E-state index in [4.69, 9.17) is 9.94 Å². The first kappa shape index (κ1) is 19.8. The second-order valence-corrected chi connectivity index (χ2v) is 8.48. The molecule has 0 aliphatic carbocycles. The summed E-state index contributed by atoms with van der Waals surface area (Å²) in [7, 11) is -0.637. The Morgan fingerprint density at radius 2 is 1.89 bits per heavy atom. The highest BCUT2D eigenvalue weighted by atomic mass is 32.2. The summed E-state index contributed by atoms with van der Waals surface area (Å²) in [5.41, 5.74) is 2.81. The van der Waals surface area contributed by atoms with Gasteiger partial charge in [0, 0.05) is 19.7 Å². The minimum atomic E-state index is -3.54. The Labute approximate surface area is 162 Å². The molecular weight excluding hydrogens is 386 g/mol. The molecule has 0 unspecified atom stereocenters. The number of nitrogens with zero attached hydrogens (tertiary/aromatic N) is 2. The van der Waals surface area contributed by atoms with Gasteiger partial charge < -0.3 is 9.64 Å². The molecule has 1 aliphatic rings. The first-order valence-corrected chi connectivity index (χ1v) is 9.71. The van der Waals surface area contributed by atoms with E-state index in [1.54, 1.807) is 23.7 Å². The van der Waals surface area contributed by atoms with E-state index in [1.165, 1.54) is 43.3 Å². The highest BCUT2D eigenvalue weighted by Crippen LogP contribution is 2.34. The van der Waals surface area contributed by atoms with Crippen molar-refractivity contribution in [3.8, 4) is 5.75 Å². The number of rotatable bonds is 5. The normalized spacial score (nSPS) is 13.9. The molecule has 2 N–H and O–H groups in total. The standard InChI is InChI=1S/C18H19N3O6S/c1-20(2)28(25,26)14-6-3-12(4-7-14)10-21-15-9-13(18(23)19-24)5-8-16(15)27-11-17(21)22/h3-9,24H,10-11H2,1-2H3,(H,19,23). The van der Waals surface area contributed by atoms with Gasteiger partial charge in [-0.2, -0.15) is 0 Å². The van der Waals surface area contributed by atoms with Gasteiger partial charge in [0.1, 0.15) is 5.75 Å². The van der Waals surface area contributed by atoms with Crippen molar-refractivity contribution in [1.82, 2.24) is 9.79 Å². The summed E-state index contributed by atoms with van der Waals surface area (Å²) in [5.74, 6) is -0.584. The number of benzene rings is 2. The highest BCUT2D eigenvalue weighted by molar-refractivity contribution is 7.89. The van der Waals surface area contributed by atoms with Crippen LogP contribution in [-0.4, -0.2) is 50.4 Å². The molecule has 0 bridgehead atoms. The third kappa shape index (κ3) is 3.70. The van der Waals surface area contributed by atoms with Gasteiger partial charge in [-0.1, -0.05) is 12.1 Å². The number of amides is 2. The molecule has 10 heteroatoms. The fourth-order valence-corrected chi connectivity index (χ4v) is 3.64. The number of carbonyl (C=O) groups is 2. The summed E-state index contributed by atoms with van der Waals surface area (Å²) in [5, 5.41) is 8.81. The minimum absolute atomic E-state index is 0.147. The molecule has 0 spiro atoms. The molecule has 0 fully saturated rings. The number of anilines is 1. The second-order valence-electron chi connectivity index (χ2n) is 6.32. The largest absolute Gasteiger partial charge is 0.482 e. The zero-order valence-electron chi connectivity index (χ0n) is 15.2. The number of hydroxylamine groups is 1. The maximum atomic E-state index is 12.4. The van der Waals surface area contributed by atoms with E-state index in [9.17, 15) is 18.0 Å². The van der Waals surface area contributed by atoms with Crippen molar-refractivity contribution >= 4 is 27.5 Å². The molecule has 0 aromatic heterocycles. The van der Waals surface area contributed by atoms with Gasteiger partial charge in [-0.25, -0.2) is 18.2 Å². The smallest absolute Gasteiger partial charge is 0.274 e. The number of carbonyl (C=O) groups excluding carboxylic acids is 2. The van der Waals surface area contributed by atoms with Gasteiger partial charge in [-0.15, -0.1) is 0 Å². The van der Waals surface area contributed by atoms with Crippen LogP contribution in [0.1, 0.15) is 15.9 Å². The Balaban J connectivity index is 1.91. The van der Waals surface area contributed by atoms with Gasteiger partial charge >= 0.3 is 0 Å². The Bertz CT molecular complexity index is 1020. The molecule has 1 heterocycles. The second kappa shape index (κ2) is 7.58. The maximum absolute atomic E-state index is 12.4. The van der Waals surface area contributed by atoms with Crippen LogP contribution in [0.3, 0.4) is 0 Å². The lowest BCUT2D eigenvalue weighted by molar-refractivity contribution is -0.121.